The molecule has 0 fully saturated rings. The average Bonchev–Trinajstić information content (AvgIpc) is 2.47. The Morgan fingerprint density at radius 1 is 1.20 bits per heavy atom. The molecule has 0 aliphatic carbocycles. The van der Waals surface area contributed by atoms with Gasteiger partial charge in [0.25, 0.3) is 5.69 Å². The van der Waals surface area contributed by atoms with Gasteiger partial charge in [0.2, 0.25) is 0 Å². The monoisotopic (exact) mass is 275 g/mol. The van der Waals surface area contributed by atoms with E-state index in [0.717, 1.165) is 6.07 Å². The van der Waals surface area contributed by atoms with Crippen LogP contribution in [0.3, 0.4) is 0 Å². The van der Waals surface area contributed by atoms with Gasteiger partial charge < -0.3 is 4.74 Å². The van der Waals surface area contributed by atoms with Crippen LogP contribution in [0.5, 0.6) is 5.75 Å². The molecule has 20 heavy (non-hydrogen) atoms. The fourth-order valence-corrected chi connectivity index (χ4v) is 1.84. The highest BCUT2D eigenvalue weighted by Gasteiger charge is 2.19. The largest absolute Gasteiger partial charge is 0.497 e. The van der Waals surface area contributed by atoms with Crippen LogP contribution in [0.25, 0.3) is 11.1 Å². The highest BCUT2D eigenvalue weighted by atomic mass is 19.1. The summed E-state index contributed by atoms with van der Waals surface area (Å²) in [6.07, 6.45) is 0.499. The first-order valence-electron chi connectivity index (χ1n) is 5.64. The van der Waals surface area contributed by atoms with Crippen molar-refractivity contribution in [2.75, 3.05) is 7.11 Å². The number of nitrogens with zero attached hydrogens (tertiary/aromatic N) is 1. The van der Waals surface area contributed by atoms with Crippen molar-refractivity contribution in [3.63, 3.8) is 0 Å². The molecule has 5 nitrogen and oxygen atoms in total. The molecule has 0 unspecified atom stereocenters. The van der Waals surface area contributed by atoms with Crippen LogP contribution in [0.2, 0.25) is 0 Å². The first-order chi connectivity index (χ1) is 9.56. The van der Waals surface area contributed by atoms with Gasteiger partial charge in [0.15, 0.2) is 0 Å². The standard InChI is InChI=1S/C14H10FNO4/c1-20-10-3-5-13(15)12(7-10)11-4-2-9(8-17)6-14(11)16(18)19/h2-8H,1H3. The molecule has 0 saturated carbocycles. The summed E-state index contributed by atoms with van der Waals surface area (Å²) in [5.41, 5.74) is -0.0315. The summed E-state index contributed by atoms with van der Waals surface area (Å²) in [4.78, 5) is 21.1. The molecule has 0 atom stereocenters. The topological polar surface area (TPSA) is 69.4 Å². The zero-order valence-electron chi connectivity index (χ0n) is 10.5. The molecule has 2 aromatic carbocycles. The van der Waals surface area contributed by atoms with E-state index in [9.17, 15) is 19.3 Å². The number of benzene rings is 2. The van der Waals surface area contributed by atoms with Gasteiger partial charge in [-0.15, -0.1) is 0 Å². The smallest absolute Gasteiger partial charge is 0.278 e. The fraction of sp³-hybridized carbons (Fsp3) is 0.0714. The number of halogens is 1. The van der Waals surface area contributed by atoms with Gasteiger partial charge in [-0.1, -0.05) is 6.07 Å². The maximum absolute atomic E-state index is 13.9. The number of nitro groups is 1. The summed E-state index contributed by atoms with van der Waals surface area (Å²) in [5, 5.41) is 11.1. The first kappa shape index (κ1) is 13.7. The van der Waals surface area contributed by atoms with Crippen LogP contribution in [-0.4, -0.2) is 18.3 Å². The van der Waals surface area contributed by atoms with Crippen molar-refractivity contribution in [3.05, 3.63) is 57.9 Å². The van der Waals surface area contributed by atoms with Crippen LogP contribution in [0.4, 0.5) is 10.1 Å². The lowest BCUT2D eigenvalue weighted by Gasteiger charge is -2.07. The van der Waals surface area contributed by atoms with Crippen molar-refractivity contribution < 1.29 is 18.8 Å². The summed E-state index contributed by atoms with van der Waals surface area (Å²) in [7, 11) is 1.42. The maximum atomic E-state index is 13.9. The number of rotatable bonds is 4. The van der Waals surface area contributed by atoms with Crippen LogP contribution in [0.15, 0.2) is 36.4 Å². The van der Waals surface area contributed by atoms with Gasteiger partial charge in [0, 0.05) is 17.2 Å². The fourth-order valence-electron chi connectivity index (χ4n) is 1.84. The SMILES string of the molecule is COc1ccc(F)c(-c2ccc(C=O)cc2[N+](=O)[O-])c1. The molecule has 2 rings (SSSR count). The van der Waals surface area contributed by atoms with Crippen LogP contribution in [-0.2, 0) is 0 Å². The number of hydrogen-bond donors (Lipinski definition) is 0. The van der Waals surface area contributed by atoms with E-state index in [4.69, 9.17) is 4.74 Å². The van der Waals surface area contributed by atoms with E-state index in [-0.39, 0.29) is 22.4 Å². The normalized spacial score (nSPS) is 10.1. The molecule has 0 heterocycles. The summed E-state index contributed by atoms with van der Waals surface area (Å²) in [6, 6.07) is 7.82. The van der Waals surface area contributed by atoms with Crippen LogP contribution in [0.1, 0.15) is 10.4 Å². The third-order valence-corrected chi connectivity index (χ3v) is 2.82. The van der Waals surface area contributed by atoms with Crippen molar-refractivity contribution in [3.8, 4) is 16.9 Å². The molecule has 6 heteroatoms. The van der Waals surface area contributed by atoms with Crippen molar-refractivity contribution in [1.29, 1.82) is 0 Å². The molecular formula is C14H10FNO4. The summed E-state index contributed by atoms with van der Waals surface area (Å²) in [5.74, 6) is -0.220. The average molecular weight is 275 g/mol. The number of aldehydes is 1. The van der Waals surface area contributed by atoms with Crippen LogP contribution >= 0.6 is 0 Å². The zero-order valence-corrected chi connectivity index (χ0v) is 10.5. The maximum Gasteiger partial charge on any atom is 0.278 e. The molecule has 0 radical (unpaired) electrons. The molecule has 0 aliphatic rings. The molecule has 0 spiro atoms. The lowest BCUT2D eigenvalue weighted by atomic mass is 10.0. The Balaban J connectivity index is 2.68. The molecule has 102 valence electrons. The number of nitro benzene ring substituents is 1. The number of carbonyl (C=O) groups is 1. The van der Waals surface area contributed by atoms with E-state index >= 15 is 0 Å². The van der Waals surface area contributed by atoms with Gasteiger partial charge in [0.1, 0.15) is 17.9 Å². The highest BCUT2D eigenvalue weighted by Crippen LogP contribution is 2.34. The minimum absolute atomic E-state index is 0.0495. The third kappa shape index (κ3) is 2.49. The van der Waals surface area contributed by atoms with Gasteiger partial charge >= 0.3 is 0 Å². The quantitative estimate of drug-likeness (QED) is 0.488. The number of ether oxygens (including phenoxy) is 1. The Morgan fingerprint density at radius 2 is 1.95 bits per heavy atom. The van der Waals surface area contributed by atoms with Crippen molar-refractivity contribution >= 4 is 12.0 Å². The molecule has 0 aliphatic heterocycles. The summed E-state index contributed by atoms with van der Waals surface area (Å²) >= 11 is 0. The molecule has 0 amide bonds. The number of carbonyl (C=O) groups excluding carboxylic acids is 1. The molecule has 0 aromatic heterocycles. The predicted molar refractivity (Wildman–Crippen MR) is 70.4 cm³/mol. The molecular weight excluding hydrogens is 265 g/mol. The predicted octanol–water partition coefficient (Wildman–Crippen LogP) is 3.22. The Kier molecular flexibility index (Phi) is 3.74. The lowest BCUT2D eigenvalue weighted by molar-refractivity contribution is -0.384. The Hall–Kier alpha value is -2.76. The van der Waals surface area contributed by atoms with E-state index in [0.29, 0.717) is 12.0 Å². The molecule has 0 bridgehead atoms. The van der Waals surface area contributed by atoms with Gasteiger partial charge in [-0.25, -0.2) is 4.39 Å². The summed E-state index contributed by atoms with van der Waals surface area (Å²) < 4.78 is 18.9. The second-order valence-electron chi connectivity index (χ2n) is 4.00. The van der Waals surface area contributed by atoms with E-state index in [2.05, 4.69) is 0 Å². The van der Waals surface area contributed by atoms with Crippen LogP contribution in [0, 0.1) is 15.9 Å². The lowest BCUT2D eigenvalue weighted by Crippen LogP contribution is -1.96. The summed E-state index contributed by atoms with van der Waals surface area (Å²) in [6.45, 7) is 0. The van der Waals surface area contributed by atoms with Crippen molar-refractivity contribution in [2.45, 2.75) is 0 Å². The van der Waals surface area contributed by atoms with E-state index in [1.807, 2.05) is 0 Å². The molecule has 0 N–H and O–H groups in total. The van der Waals surface area contributed by atoms with Gasteiger partial charge in [-0.05, 0) is 24.3 Å². The van der Waals surface area contributed by atoms with E-state index in [1.165, 1.54) is 37.4 Å². The Labute approximate surface area is 113 Å². The number of hydrogen-bond acceptors (Lipinski definition) is 4. The highest BCUT2D eigenvalue weighted by molar-refractivity contribution is 5.82. The van der Waals surface area contributed by atoms with E-state index in [1.54, 1.807) is 0 Å². The minimum Gasteiger partial charge on any atom is -0.497 e. The van der Waals surface area contributed by atoms with E-state index < -0.39 is 10.7 Å². The van der Waals surface area contributed by atoms with Crippen molar-refractivity contribution in [2.24, 2.45) is 0 Å². The number of methoxy groups -OCH3 is 1. The zero-order chi connectivity index (χ0) is 14.7. The Morgan fingerprint density at radius 3 is 2.55 bits per heavy atom. The third-order valence-electron chi connectivity index (χ3n) is 2.82. The molecule has 0 saturated heterocycles. The van der Waals surface area contributed by atoms with Gasteiger partial charge in [0.05, 0.1) is 17.6 Å². The van der Waals surface area contributed by atoms with Gasteiger partial charge in [-0.3, -0.25) is 14.9 Å². The Bertz CT molecular complexity index is 685. The van der Waals surface area contributed by atoms with Crippen LogP contribution < -0.4 is 4.74 Å². The second kappa shape index (κ2) is 5.48. The van der Waals surface area contributed by atoms with Gasteiger partial charge in [-0.2, -0.15) is 0 Å². The van der Waals surface area contributed by atoms with Crippen molar-refractivity contribution in [1.82, 2.24) is 0 Å². The molecule has 2 aromatic rings. The second-order valence-corrected chi connectivity index (χ2v) is 4.00. The first-order valence-corrected chi connectivity index (χ1v) is 5.64. The minimum atomic E-state index is -0.652.